The van der Waals surface area contributed by atoms with Crippen molar-refractivity contribution in [1.82, 2.24) is 0 Å². The smallest absolute Gasteiger partial charge is 1.00 e. The van der Waals surface area contributed by atoms with Gasteiger partial charge in [0.2, 0.25) is 0 Å². The Morgan fingerprint density at radius 2 is 0.871 bits per heavy atom. The van der Waals surface area contributed by atoms with Crippen molar-refractivity contribution in [2.75, 3.05) is 0 Å². The average molecular weight is 529 g/mol. The van der Waals surface area contributed by atoms with Crippen LogP contribution >= 0.6 is 0 Å². The fourth-order valence-corrected chi connectivity index (χ4v) is 3.59. The topological polar surface area (TPSA) is 0 Å². The van der Waals surface area contributed by atoms with Crippen molar-refractivity contribution in [2.45, 2.75) is 41.5 Å². The van der Waals surface area contributed by atoms with Crippen molar-refractivity contribution in [3.8, 4) is 22.3 Å². The van der Waals surface area contributed by atoms with Crippen molar-refractivity contribution in [3.05, 3.63) is 106 Å². The van der Waals surface area contributed by atoms with E-state index in [0.717, 1.165) is 0 Å². The van der Waals surface area contributed by atoms with Crippen LogP contribution in [0.2, 0.25) is 0 Å². The summed E-state index contributed by atoms with van der Waals surface area (Å²) in [6.07, 6.45) is 0. The second-order valence-electron chi connectivity index (χ2n) is 7.85. The predicted molar refractivity (Wildman–Crippen MR) is 123 cm³/mol. The van der Waals surface area contributed by atoms with E-state index in [9.17, 15) is 0 Å². The first-order chi connectivity index (χ1) is 13.4. The zero-order valence-electron chi connectivity index (χ0n) is 19.2. The first-order valence-electron chi connectivity index (χ1n) is 9.96. The SMILES string of the molecule is Cc1cc[c-](-c2cccc(C)c2C)c1.Cc1cc[c-](-c2cccc(C)c2C)c1.[Cl-].[Cl-].[Zr+4]. The maximum Gasteiger partial charge on any atom is 4.00 e. The quantitative estimate of drug-likeness (QED) is 0.350. The van der Waals surface area contributed by atoms with Gasteiger partial charge in [-0.15, -0.1) is 81.9 Å². The largest absolute Gasteiger partial charge is 4.00 e. The Labute approximate surface area is 219 Å². The predicted octanol–water partition coefficient (Wildman–Crippen LogP) is 2.00. The second kappa shape index (κ2) is 13.2. The van der Waals surface area contributed by atoms with Crippen molar-refractivity contribution in [1.29, 1.82) is 0 Å². The summed E-state index contributed by atoms with van der Waals surface area (Å²) in [5.74, 6) is 0. The first kappa shape index (κ1) is 29.6. The Kier molecular flexibility index (Phi) is 12.6. The Morgan fingerprint density at radius 1 is 0.516 bits per heavy atom. The molecule has 4 rings (SSSR count). The molecule has 0 heterocycles. The molecule has 0 atom stereocenters. The molecule has 0 N–H and O–H groups in total. The van der Waals surface area contributed by atoms with Gasteiger partial charge in [0.1, 0.15) is 0 Å². The molecule has 0 aliphatic heterocycles. The average Bonchev–Trinajstić information content (AvgIpc) is 3.29. The van der Waals surface area contributed by atoms with Crippen LogP contribution in [0.5, 0.6) is 0 Å². The first-order valence-corrected chi connectivity index (χ1v) is 9.96. The minimum atomic E-state index is 0. The monoisotopic (exact) mass is 526 g/mol. The Hall–Kier alpha value is -1.40. The number of aryl methyl sites for hydroxylation is 4. The van der Waals surface area contributed by atoms with Crippen LogP contribution in [0.25, 0.3) is 22.3 Å². The fraction of sp³-hybridized carbons (Fsp3) is 0.214. The van der Waals surface area contributed by atoms with Crippen LogP contribution in [0.1, 0.15) is 33.4 Å². The molecule has 0 aliphatic rings. The minimum absolute atomic E-state index is 0. The third-order valence-corrected chi connectivity index (χ3v) is 5.65. The van der Waals surface area contributed by atoms with Crippen molar-refractivity contribution in [3.63, 3.8) is 0 Å². The summed E-state index contributed by atoms with van der Waals surface area (Å²) >= 11 is 0. The van der Waals surface area contributed by atoms with Crippen LogP contribution < -0.4 is 24.8 Å². The molecule has 4 aromatic rings. The van der Waals surface area contributed by atoms with E-state index in [4.69, 9.17) is 0 Å². The molecule has 0 radical (unpaired) electrons. The third kappa shape index (κ3) is 7.32. The van der Waals surface area contributed by atoms with Gasteiger partial charge in [-0.2, -0.15) is 0 Å². The molecule has 0 aromatic heterocycles. The maximum absolute atomic E-state index is 2.24. The fourth-order valence-electron chi connectivity index (χ4n) is 3.59. The van der Waals surface area contributed by atoms with Crippen LogP contribution in [-0.2, 0) is 26.2 Å². The van der Waals surface area contributed by atoms with Crippen LogP contribution in [0.4, 0.5) is 0 Å². The molecule has 0 saturated carbocycles. The van der Waals surface area contributed by atoms with Crippen LogP contribution in [0.15, 0.2) is 72.8 Å². The number of halogens is 2. The number of hydrogen-bond donors (Lipinski definition) is 0. The minimum Gasteiger partial charge on any atom is -1.00 e. The molecule has 0 amide bonds. The molecule has 3 heteroatoms. The van der Waals surface area contributed by atoms with Gasteiger partial charge in [-0.05, 0) is 13.8 Å². The van der Waals surface area contributed by atoms with E-state index in [1.165, 1.54) is 55.6 Å². The van der Waals surface area contributed by atoms with E-state index in [-0.39, 0.29) is 51.0 Å². The van der Waals surface area contributed by atoms with E-state index in [1.807, 2.05) is 0 Å². The van der Waals surface area contributed by atoms with Gasteiger partial charge in [-0.3, -0.25) is 0 Å². The van der Waals surface area contributed by atoms with Gasteiger partial charge in [0, 0.05) is 0 Å². The van der Waals surface area contributed by atoms with Gasteiger partial charge in [-0.1, -0.05) is 74.2 Å². The Balaban J connectivity index is 0.000000529. The molecule has 0 nitrogen and oxygen atoms in total. The molecule has 4 aromatic carbocycles. The standard InChI is InChI=1S/2C14H15.2ClH.Zr/c2*1-10-7-8-13(9-10)14-6-4-5-11(2)12(14)3;;;/h2*4-9H,1-3H3;2*1H;/q2*-1;;;+4/p-2. The summed E-state index contributed by atoms with van der Waals surface area (Å²) in [7, 11) is 0. The van der Waals surface area contributed by atoms with Crippen LogP contribution in [-0.4, -0.2) is 0 Å². The molecule has 0 aliphatic carbocycles. The van der Waals surface area contributed by atoms with Crippen LogP contribution in [0, 0.1) is 41.5 Å². The third-order valence-electron chi connectivity index (χ3n) is 5.65. The summed E-state index contributed by atoms with van der Waals surface area (Å²) in [6.45, 7) is 13.0. The number of rotatable bonds is 2. The maximum atomic E-state index is 2.24. The van der Waals surface area contributed by atoms with Gasteiger partial charge in [0.15, 0.2) is 0 Å². The number of hydrogen-bond acceptors (Lipinski definition) is 0. The van der Waals surface area contributed by atoms with Gasteiger partial charge < -0.3 is 24.8 Å². The summed E-state index contributed by atoms with van der Waals surface area (Å²) in [5, 5.41) is 0. The Bertz CT molecular complexity index is 998. The molecular formula is C28H30Cl2Zr. The molecule has 0 saturated heterocycles. The van der Waals surface area contributed by atoms with Gasteiger partial charge >= 0.3 is 26.2 Å². The Morgan fingerprint density at radius 3 is 1.16 bits per heavy atom. The van der Waals surface area contributed by atoms with E-state index >= 15 is 0 Å². The molecular weight excluding hydrogens is 498 g/mol. The van der Waals surface area contributed by atoms with Gasteiger partial charge in [0.05, 0.1) is 0 Å². The van der Waals surface area contributed by atoms with E-state index < -0.39 is 0 Å². The van der Waals surface area contributed by atoms with Crippen molar-refractivity contribution in [2.24, 2.45) is 0 Å². The molecule has 31 heavy (non-hydrogen) atoms. The van der Waals surface area contributed by atoms with Crippen LogP contribution in [0.3, 0.4) is 0 Å². The summed E-state index contributed by atoms with van der Waals surface area (Å²) in [4.78, 5) is 0. The summed E-state index contributed by atoms with van der Waals surface area (Å²) < 4.78 is 0. The number of benzene rings is 2. The van der Waals surface area contributed by atoms with Gasteiger partial charge in [-0.25, -0.2) is 0 Å². The molecule has 0 unspecified atom stereocenters. The zero-order chi connectivity index (χ0) is 20.3. The molecule has 0 bridgehead atoms. The van der Waals surface area contributed by atoms with E-state index in [2.05, 4.69) is 114 Å². The zero-order valence-corrected chi connectivity index (χ0v) is 23.2. The summed E-state index contributed by atoms with van der Waals surface area (Å²) in [5.41, 5.74) is 13.6. The summed E-state index contributed by atoms with van der Waals surface area (Å²) in [6, 6.07) is 26.1. The second-order valence-corrected chi connectivity index (χ2v) is 7.85. The van der Waals surface area contributed by atoms with Gasteiger partial charge in [0.25, 0.3) is 0 Å². The van der Waals surface area contributed by atoms with Crippen molar-refractivity contribution >= 4 is 0 Å². The normalized spacial score (nSPS) is 9.48. The molecule has 0 fully saturated rings. The molecule has 0 spiro atoms. The van der Waals surface area contributed by atoms with Crippen molar-refractivity contribution < 1.29 is 51.0 Å². The van der Waals surface area contributed by atoms with E-state index in [1.54, 1.807) is 0 Å². The van der Waals surface area contributed by atoms with E-state index in [0.29, 0.717) is 0 Å². The molecule has 160 valence electrons.